The molecule has 1 aliphatic carbocycles. The lowest BCUT2D eigenvalue weighted by molar-refractivity contribution is -0.155. The Balaban J connectivity index is 1.78. The first-order valence-electron chi connectivity index (χ1n) is 12.1. The maximum Gasteiger partial charge on any atom is 0.354 e. The van der Waals surface area contributed by atoms with Crippen molar-refractivity contribution in [3.63, 3.8) is 0 Å². The van der Waals surface area contributed by atoms with E-state index in [9.17, 15) is 9.59 Å². The zero-order chi connectivity index (χ0) is 25.6. The van der Waals surface area contributed by atoms with Crippen LogP contribution in [0.4, 0.5) is 5.69 Å². The molecular formula is C31H25NO4S. The van der Waals surface area contributed by atoms with Crippen LogP contribution in [0.1, 0.15) is 22.7 Å². The maximum absolute atomic E-state index is 13.9. The highest BCUT2D eigenvalue weighted by Crippen LogP contribution is 2.71. The first kappa shape index (κ1) is 23.4. The van der Waals surface area contributed by atoms with Crippen molar-refractivity contribution in [2.45, 2.75) is 15.7 Å². The molecule has 0 aromatic heterocycles. The molecule has 1 aliphatic heterocycles. The molecule has 0 bridgehead atoms. The van der Waals surface area contributed by atoms with E-state index in [1.165, 1.54) is 26.0 Å². The summed E-state index contributed by atoms with van der Waals surface area (Å²) >= 11 is 1.30. The number of hydrogen-bond acceptors (Lipinski definition) is 6. The van der Waals surface area contributed by atoms with Crippen LogP contribution in [-0.4, -0.2) is 31.0 Å². The molecular weight excluding hydrogens is 482 g/mol. The molecule has 184 valence electrons. The van der Waals surface area contributed by atoms with Gasteiger partial charge in [-0.1, -0.05) is 109 Å². The molecule has 1 heterocycles. The van der Waals surface area contributed by atoms with Crippen molar-refractivity contribution in [3.8, 4) is 11.1 Å². The number of carbonyl (C=O) groups excluding carboxylic acids is 2. The summed E-state index contributed by atoms with van der Waals surface area (Å²) in [5.41, 5.74) is 5.96. The fraction of sp³-hybridized carbons (Fsp3) is 0.161. The van der Waals surface area contributed by atoms with Gasteiger partial charge in [-0.25, -0.2) is 9.59 Å². The molecule has 1 saturated heterocycles. The predicted molar refractivity (Wildman–Crippen MR) is 145 cm³/mol. The van der Waals surface area contributed by atoms with Gasteiger partial charge in [0, 0.05) is 5.69 Å². The number of nitrogens with zero attached hydrogens (tertiary/aromatic N) is 1. The van der Waals surface area contributed by atoms with Gasteiger partial charge in [0.15, 0.2) is 0 Å². The Labute approximate surface area is 220 Å². The van der Waals surface area contributed by atoms with Crippen LogP contribution >= 0.6 is 11.8 Å². The van der Waals surface area contributed by atoms with Crippen molar-refractivity contribution in [2.75, 3.05) is 19.1 Å². The Bertz CT molecular complexity index is 1430. The number of ether oxygens (including phenoxy) is 2. The number of thioether (sulfide) groups is 1. The first-order chi connectivity index (χ1) is 18.1. The fourth-order valence-electron chi connectivity index (χ4n) is 5.91. The van der Waals surface area contributed by atoms with E-state index in [0.29, 0.717) is 0 Å². The summed E-state index contributed by atoms with van der Waals surface area (Å²) in [5.74, 6) is -1.35. The molecule has 1 unspecified atom stereocenters. The van der Waals surface area contributed by atoms with Crippen LogP contribution in [0.25, 0.3) is 11.1 Å². The standard InChI is InChI=1S/C31H25NO4S/c1-35-28(33)31(29(34)36-2)32(22-15-7-4-8-16-22)27(21-13-5-3-6-14-21)30(37-31)25-19-11-9-17-23(25)24-18-10-12-20-26(24)30/h3-20,27H,1-2H3. The fourth-order valence-corrected chi connectivity index (χ4v) is 7.95. The zero-order valence-electron chi connectivity index (χ0n) is 20.5. The lowest BCUT2D eigenvalue weighted by Crippen LogP contribution is -2.56. The molecule has 1 spiro atoms. The first-order valence-corrected chi connectivity index (χ1v) is 12.9. The van der Waals surface area contributed by atoms with Gasteiger partial charge in [0.05, 0.1) is 25.0 Å². The Kier molecular flexibility index (Phi) is 5.57. The molecule has 0 N–H and O–H groups in total. The molecule has 1 fully saturated rings. The van der Waals surface area contributed by atoms with Gasteiger partial charge in [0.25, 0.3) is 4.87 Å². The third kappa shape index (κ3) is 3.12. The highest BCUT2D eigenvalue weighted by atomic mass is 32.2. The molecule has 1 atom stereocenters. The maximum atomic E-state index is 13.9. The molecule has 4 aromatic carbocycles. The molecule has 2 aliphatic rings. The van der Waals surface area contributed by atoms with Crippen LogP contribution in [0, 0.1) is 0 Å². The number of rotatable bonds is 4. The Hall–Kier alpha value is -4.03. The molecule has 6 heteroatoms. The molecule has 0 radical (unpaired) electrons. The van der Waals surface area contributed by atoms with Gasteiger partial charge < -0.3 is 14.4 Å². The lowest BCUT2D eigenvalue weighted by Gasteiger charge is -2.39. The highest BCUT2D eigenvalue weighted by molar-refractivity contribution is 8.03. The summed E-state index contributed by atoms with van der Waals surface area (Å²) in [6.45, 7) is 0. The van der Waals surface area contributed by atoms with E-state index in [0.717, 1.165) is 33.5 Å². The Morgan fingerprint density at radius 3 is 1.65 bits per heavy atom. The largest absolute Gasteiger partial charge is 0.466 e. The van der Waals surface area contributed by atoms with Crippen molar-refractivity contribution in [1.82, 2.24) is 0 Å². The van der Waals surface area contributed by atoms with E-state index in [1.807, 2.05) is 77.7 Å². The van der Waals surface area contributed by atoms with Crippen molar-refractivity contribution >= 4 is 29.4 Å². The Morgan fingerprint density at radius 2 is 1.14 bits per heavy atom. The second-order valence-electron chi connectivity index (χ2n) is 9.07. The van der Waals surface area contributed by atoms with Gasteiger partial charge in [0.1, 0.15) is 0 Å². The smallest absolute Gasteiger partial charge is 0.354 e. The zero-order valence-corrected chi connectivity index (χ0v) is 21.3. The summed E-state index contributed by atoms with van der Waals surface area (Å²) in [6.07, 6.45) is 0. The van der Waals surface area contributed by atoms with Gasteiger partial charge in [-0.2, -0.15) is 0 Å². The monoisotopic (exact) mass is 507 g/mol. The van der Waals surface area contributed by atoms with Crippen molar-refractivity contribution < 1.29 is 19.1 Å². The average molecular weight is 508 g/mol. The number of anilines is 1. The lowest BCUT2D eigenvalue weighted by atomic mass is 9.82. The van der Waals surface area contributed by atoms with E-state index >= 15 is 0 Å². The quantitative estimate of drug-likeness (QED) is 0.251. The second-order valence-corrected chi connectivity index (χ2v) is 10.5. The third-order valence-electron chi connectivity index (χ3n) is 7.31. The topological polar surface area (TPSA) is 55.8 Å². The SMILES string of the molecule is COC(=O)C1(C(=O)OC)SC2(c3ccccc3-c3ccccc32)C(c2ccccc2)N1c1ccccc1. The molecule has 0 saturated carbocycles. The van der Waals surface area contributed by atoms with E-state index < -0.39 is 27.6 Å². The molecule has 5 nitrogen and oxygen atoms in total. The highest BCUT2D eigenvalue weighted by Gasteiger charge is 2.72. The molecule has 0 amide bonds. The summed E-state index contributed by atoms with van der Waals surface area (Å²) < 4.78 is 9.93. The van der Waals surface area contributed by atoms with Gasteiger partial charge in [-0.05, 0) is 39.9 Å². The number of hydrogen-bond donors (Lipinski definition) is 0. The third-order valence-corrected chi connectivity index (χ3v) is 9.12. The molecule has 6 rings (SSSR count). The van der Waals surface area contributed by atoms with Gasteiger partial charge >= 0.3 is 11.9 Å². The van der Waals surface area contributed by atoms with E-state index in [4.69, 9.17) is 9.47 Å². The normalized spacial score (nSPS) is 18.2. The van der Waals surface area contributed by atoms with Crippen LogP contribution in [0.5, 0.6) is 0 Å². The van der Waals surface area contributed by atoms with Gasteiger partial charge in [0.2, 0.25) is 0 Å². The summed E-state index contributed by atoms with van der Waals surface area (Å²) in [6, 6.07) is 35.7. The number of fused-ring (bicyclic) bond motifs is 5. The van der Waals surface area contributed by atoms with Crippen LogP contribution in [0.15, 0.2) is 109 Å². The van der Waals surface area contributed by atoms with Crippen molar-refractivity contribution in [2.24, 2.45) is 0 Å². The van der Waals surface area contributed by atoms with Crippen LogP contribution < -0.4 is 4.90 Å². The number of esters is 2. The number of methoxy groups -OCH3 is 2. The van der Waals surface area contributed by atoms with Gasteiger partial charge in [-0.15, -0.1) is 0 Å². The van der Waals surface area contributed by atoms with Crippen molar-refractivity contribution in [1.29, 1.82) is 0 Å². The van der Waals surface area contributed by atoms with Crippen LogP contribution in [0.3, 0.4) is 0 Å². The number of benzene rings is 4. The second kappa shape index (κ2) is 8.82. The average Bonchev–Trinajstić information content (AvgIpc) is 3.45. The van der Waals surface area contributed by atoms with Crippen LogP contribution in [-0.2, 0) is 23.8 Å². The Morgan fingerprint density at radius 1 is 0.676 bits per heavy atom. The van der Waals surface area contributed by atoms with Crippen LogP contribution in [0.2, 0.25) is 0 Å². The summed E-state index contributed by atoms with van der Waals surface area (Å²) in [7, 11) is 2.63. The van der Waals surface area contributed by atoms with Crippen molar-refractivity contribution in [3.05, 3.63) is 126 Å². The predicted octanol–water partition coefficient (Wildman–Crippen LogP) is 5.95. The van der Waals surface area contributed by atoms with E-state index in [-0.39, 0.29) is 0 Å². The molecule has 37 heavy (non-hydrogen) atoms. The minimum Gasteiger partial charge on any atom is -0.466 e. The van der Waals surface area contributed by atoms with E-state index in [2.05, 4.69) is 36.4 Å². The number of para-hydroxylation sites is 1. The minimum atomic E-state index is -1.80. The van der Waals surface area contributed by atoms with E-state index in [1.54, 1.807) is 0 Å². The minimum absolute atomic E-state index is 0.441. The summed E-state index contributed by atoms with van der Waals surface area (Å²) in [5, 5.41) is 0. The number of carbonyl (C=O) groups is 2. The van der Waals surface area contributed by atoms with Gasteiger partial charge in [-0.3, -0.25) is 0 Å². The molecule has 4 aromatic rings. The summed E-state index contributed by atoms with van der Waals surface area (Å²) in [4.78, 5) is 27.9.